The molecule has 128 valence electrons. The number of benzene rings is 2. The lowest BCUT2D eigenvalue weighted by molar-refractivity contribution is -0.0914. The van der Waals surface area contributed by atoms with Gasteiger partial charge in [0.25, 0.3) is 0 Å². The number of rotatable bonds is 7. The molecule has 4 heteroatoms. The number of ether oxygens (including phenoxy) is 1. The topological polar surface area (TPSA) is 44.7 Å². The van der Waals surface area contributed by atoms with Crippen LogP contribution in [0.25, 0.3) is 11.1 Å². The Labute approximate surface area is 144 Å². The van der Waals surface area contributed by atoms with Crippen LogP contribution in [0.2, 0.25) is 0 Å². The van der Waals surface area contributed by atoms with E-state index in [2.05, 4.69) is 29.3 Å². The third-order valence-electron chi connectivity index (χ3n) is 4.64. The van der Waals surface area contributed by atoms with Crippen molar-refractivity contribution in [2.45, 2.75) is 32.2 Å². The number of hydrogen-bond donors (Lipinski definition) is 2. The van der Waals surface area contributed by atoms with Gasteiger partial charge in [-0.1, -0.05) is 55.5 Å². The summed E-state index contributed by atoms with van der Waals surface area (Å²) in [5.41, 5.74) is 3.03. The van der Waals surface area contributed by atoms with Crippen molar-refractivity contribution < 1.29 is 9.84 Å². The molecule has 0 radical (unpaired) electrons. The lowest BCUT2D eigenvalue weighted by Gasteiger charge is -2.24. The van der Waals surface area contributed by atoms with Gasteiger partial charge >= 0.3 is 0 Å². The van der Waals surface area contributed by atoms with E-state index in [4.69, 9.17) is 4.74 Å². The molecule has 2 aromatic rings. The van der Waals surface area contributed by atoms with E-state index in [0.29, 0.717) is 12.6 Å². The monoisotopic (exact) mass is 326 g/mol. The van der Waals surface area contributed by atoms with E-state index in [1.54, 1.807) is 0 Å². The van der Waals surface area contributed by atoms with Gasteiger partial charge < -0.3 is 15.2 Å². The van der Waals surface area contributed by atoms with Crippen LogP contribution >= 0.6 is 0 Å². The van der Waals surface area contributed by atoms with Crippen molar-refractivity contribution in [1.29, 1.82) is 0 Å². The Morgan fingerprint density at radius 3 is 2.71 bits per heavy atom. The molecule has 2 atom stereocenters. The van der Waals surface area contributed by atoms with Crippen LogP contribution in [0.4, 0.5) is 5.69 Å². The van der Waals surface area contributed by atoms with Crippen molar-refractivity contribution in [2.24, 2.45) is 0 Å². The van der Waals surface area contributed by atoms with E-state index in [1.165, 1.54) is 6.42 Å². The van der Waals surface area contributed by atoms with E-state index >= 15 is 0 Å². The van der Waals surface area contributed by atoms with Gasteiger partial charge in [-0.2, -0.15) is 0 Å². The Kier molecular flexibility index (Phi) is 5.86. The highest BCUT2D eigenvalue weighted by Crippen LogP contribution is 2.28. The number of hydrogen-bond acceptors (Lipinski definition) is 4. The summed E-state index contributed by atoms with van der Waals surface area (Å²) in [6.45, 7) is 4.89. The SMILES string of the molecule is CCN1CCC[C@H]1COC(O)Nc1ccccc1-c1ccccc1. The van der Waals surface area contributed by atoms with Crippen molar-refractivity contribution in [3.05, 3.63) is 54.6 Å². The summed E-state index contributed by atoms with van der Waals surface area (Å²) in [5, 5.41) is 13.3. The second kappa shape index (κ2) is 8.29. The molecule has 1 aliphatic heterocycles. The number of aliphatic hydroxyl groups excluding tert-OH is 1. The van der Waals surface area contributed by atoms with E-state index < -0.39 is 6.41 Å². The molecular weight excluding hydrogens is 300 g/mol. The quantitative estimate of drug-likeness (QED) is 0.764. The van der Waals surface area contributed by atoms with Crippen molar-refractivity contribution in [3.63, 3.8) is 0 Å². The van der Waals surface area contributed by atoms with Gasteiger partial charge in [-0.25, -0.2) is 0 Å². The summed E-state index contributed by atoms with van der Waals surface area (Å²) >= 11 is 0. The lowest BCUT2D eigenvalue weighted by atomic mass is 10.0. The molecule has 0 aliphatic carbocycles. The molecular formula is C20H26N2O2. The zero-order valence-electron chi connectivity index (χ0n) is 14.2. The van der Waals surface area contributed by atoms with Crippen molar-refractivity contribution in [1.82, 2.24) is 4.90 Å². The zero-order chi connectivity index (χ0) is 16.8. The van der Waals surface area contributed by atoms with Gasteiger partial charge in [0, 0.05) is 17.3 Å². The van der Waals surface area contributed by atoms with E-state index in [-0.39, 0.29) is 0 Å². The van der Waals surface area contributed by atoms with Crippen LogP contribution in [0.15, 0.2) is 54.6 Å². The van der Waals surface area contributed by atoms with Crippen LogP contribution in [-0.2, 0) is 4.74 Å². The third-order valence-corrected chi connectivity index (χ3v) is 4.64. The van der Waals surface area contributed by atoms with Crippen LogP contribution in [0.5, 0.6) is 0 Å². The summed E-state index contributed by atoms with van der Waals surface area (Å²) < 4.78 is 5.66. The summed E-state index contributed by atoms with van der Waals surface area (Å²) in [4.78, 5) is 2.41. The van der Waals surface area contributed by atoms with Gasteiger partial charge in [0.1, 0.15) is 0 Å². The maximum Gasteiger partial charge on any atom is 0.235 e. The first-order chi connectivity index (χ1) is 11.8. The highest BCUT2D eigenvalue weighted by molar-refractivity contribution is 5.77. The Morgan fingerprint density at radius 1 is 1.17 bits per heavy atom. The van der Waals surface area contributed by atoms with Crippen LogP contribution in [0, 0.1) is 0 Å². The molecule has 1 saturated heterocycles. The van der Waals surface area contributed by atoms with Crippen LogP contribution < -0.4 is 5.32 Å². The van der Waals surface area contributed by atoms with Crippen LogP contribution in [0.1, 0.15) is 19.8 Å². The molecule has 0 saturated carbocycles. The highest BCUT2D eigenvalue weighted by Gasteiger charge is 2.24. The van der Waals surface area contributed by atoms with Gasteiger partial charge in [0.05, 0.1) is 6.61 Å². The Hall–Kier alpha value is -1.88. The fourth-order valence-electron chi connectivity index (χ4n) is 3.36. The molecule has 3 rings (SSSR count). The predicted octanol–water partition coefficient (Wildman–Crippen LogP) is 3.54. The fourth-order valence-corrected chi connectivity index (χ4v) is 3.36. The lowest BCUT2D eigenvalue weighted by Crippen LogP contribution is -2.35. The summed E-state index contributed by atoms with van der Waals surface area (Å²) in [5.74, 6) is 0. The maximum absolute atomic E-state index is 10.2. The van der Waals surface area contributed by atoms with Gasteiger partial charge in [0.2, 0.25) is 6.41 Å². The normalized spacial score (nSPS) is 19.3. The number of likely N-dealkylation sites (tertiary alicyclic amines) is 1. The number of aliphatic hydroxyl groups is 1. The first-order valence-electron chi connectivity index (χ1n) is 8.72. The van der Waals surface area contributed by atoms with Gasteiger partial charge in [-0.05, 0) is 37.6 Å². The van der Waals surface area contributed by atoms with E-state index in [0.717, 1.165) is 36.3 Å². The van der Waals surface area contributed by atoms with Gasteiger partial charge in [0.15, 0.2) is 0 Å². The minimum Gasteiger partial charge on any atom is -0.351 e. The molecule has 24 heavy (non-hydrogen) atoms. The van der Waals surface area contributed by atoms with Crippen molar-refractivity contribution >= 4 is 5.69 Å². The molecule has 0 bridgehead atoms. The number of para-hydroxylation sites is 1. The second-order valence-electron chi connectivity index (χ2n) is 6.17. The number of nitrogens with one attached hydrogen (secondary N) is 1. The number of anilines is 1. The van der Waals surface area contributed by atoms with Crippen molar-refractivity contribution in [3.8, 4) is 11.1 Å². The summed E-state index contributed by atoms with van der Waals surface area (Å²) in [6, 6.07) is 18.5. The van der Waals surface area contributed by atoms with E-state index in [9.17, 15) is 5.11 Å². The molecule has 1 unspecified atom stereocenters. The van der Waals surface area contributed by atoms with Crippen LogP contribution in [-0.4, -0.2) is 42.2 Å². The molecule has 2 aromatic carbocycles. The average molecular weight is 326 g/mol. The maximum atomic E-state index is 10.2. The number of nitrogens with zero attached hydrogens (tertiary/aromatic N) is 1. The van der Waals surface area contributed by atoms with E-state index in [1.807, 2.05) is 42.5 Å². The molecule has 1 fully saturated rings. The third kappa shape index (κ3) is 4.15. The first-order valence-corrected chi connectivity index (χ1v) is 8.72. The molecule has 0 amide bonds. The smallest absolute Gasteiger partial charge is 0.235 e. The first kappa shape index (κ1) is 17.0. The Bertz CT molecular complexity index is 633. The van der Waals surface area contributed by atoms with Crippen LogP contribution in [0.3, 0.4) is 0 Å². The van der Waals surface area contributed by atoms with Gasteiger partial charge in [-0.3, -0.25) is 4.90 Å². The predicted molar refractivity (Wildman–Crippen MR) is 97.7 cm³/mol. The summed E-state index contributed by atoms with van der Waals surface area (Å²) in [7, 11) is 0. The zero-order valence-corrected chi connectivity index (χ0v) is 14.2. The molecule has 4 nitrogen and oxygen atoms in total. The Balaban J connectivity index is 1.62. The molecule has 1 aliphatic rings. The summed E-state index contributed by atoms with van der Waals surface area (Å²) in [6.07, 6.45) is 1.35. The van der Waals surface area contributed by atoms with Crippen molar-refractivity contribution in [2.75, 3.05) is 25.0 Å². The molecule has 0 aromatic heterocycles. The highest BCUT2D eigenvalue weighted by atomic mass is 16.6. The molecule has 1 heterocycles. The average Bonchev–Trinajstić information content (AvgIpc) is 3.09. The Morgan fingerprint density at radius 2 is 1.92 bits per heavy atom. The minimum absolute atomic E-state index is 0.413. The standard InChI is InChI=1S/C20H26N2O2/c1-2-22-14-8-11-17(22)15-24-20(23)21-19-13-7-6-12-18(19)16-9-4-3-5-10-16/h3-7,9-10,12-13,17,20-21,23H,2,8,11,14-15H2,1H3/t17-,20?/m0/s1. The minimum atomic E-state index is -1.01. The molecule has 2 N–H and O–H groups in total. The number of likely N-dealkylation sites (N-methyl/N-ethyl adjacent to an activating group) is 1. The largest absolute Gasteiger partial charge is 0.351 e. The second-order valence-corrected chi connectivity index (χ2v) is 6.17. The molecule has 0 spiro atoms. The fraction of sp³-hybridized carbons (Fsp3) is 0.400. The van der Waals surface area contributed by atoms with Gasteiger partial charge in [-0.15, -0.1) is 0 Å².